The van der Waals surface area contributed by atoms with E-state index >= 15 is 0 Å². The summed E-state index contributed by atoms with van der Waals surface area (Å²) in [5.74, 6) is 0.120. The number of halogens is 1. The van der Waals surface area contributed by atoms with Gasteiger partial charge in [-0.2, -0.15) is 8.42 Å². The highest BCUT2D eigenvalue weighted by molar-refractivity contribution is 7.86. The van der Waals surface area contributed by atoms with Gasteiger partial charge in [0.15, 0.2) is 0 Å². The molecule has 9 heteroatoms. The molecule has 0 bridgehead atoms. The molecule has 0 radical (unpaired) electrons. The van der Waals surface area contributed by atoms with Gasteiger partial charge in [-0.1, -0.05) is 42.5 Å². The number of aromatic amines is 1. The molecule has 5 rings (SSSR count). The number of hydrogen-bond donors (Lipinski definition) is 4. The van der Waals surface area contributed by atoms with Gasteiger partial charge in [0.05, 0.1) is 16.5 Å². The molecule has 1 heterocycles. The van der Waals surface area contributed by atoms with Crippen LogP contribution in [-0.2, 0) is 10.1 Å². The van der Waals surface area contributed by atoms with Crippen molar-refractivity contribution in [2.45, 2.75) is 11.8 Å². The molecule has 0 fully saturated rings. The maximum atomic E-state index is 11.9. The summed E-state index contributed by atoms with van der Waals surface area (Å²) in [6.07, 6.45) is 0. The maximum Gasteiger partial charge on any atom is 0.295 e. The molecule has 0 aliphatic carbocycles. The summed E-state index contributed by atoms with van der Waals surface area (Å²) in [5.41, 5.74) is 3.94. The number of aromatic nitrogens is 2. The first kappa shape index (κ1) is 22.6. The molecule has 4 N–H and O–H groups in total. The Bertz CT molecular complexity index is 1640. The third kappa shape index (κ3) is 3.78. The van der Waals surface area contributed by atoms with E-state index in [2.05, 4.69) is 9.97 Å². The fraction of sp³-hybridized carbons (Fsp3) is 0.0417. The second kappa shape index (κ2) is 8.08. The van der Waals surface area contributed by atoms with Gasteiger partial charge in [-0.05, 0) is 47.9 Å². The van der Waals surface area contributed by atoms with Crippen LogP contribution in [0.1, 0.15) is 5.56 Å². The topological polar surface area (TPSA) is 124 Å². The van der Waals surface area contributed by atoms with Gasteiger partial charge in [-0.25, -0.2) is 4.98 Å². The second-order valence-corrected chi connectivity index (χ2v) is 8.97. The summed E-state index contributed by atoms with van der Waals surface area (Å²) in [7, 11) is -4.55. The molecule has 0 amide bonds. The highest BCUT2D eigenvalue weighted by Crippen LogP contribution is 2.39. The smallest absolute Gasteiger partial charge is 0.295 e. The first-order chi connectivity index (χ1) is 15.2. The number of H-pyrrole nitrogens is 1. The van der Waals surface area contributed by atoms with Crippen LogP contribution in [-0.4, -0.2) is 33.2 Å². The van der Waals surface area contributed by atoms with Gasteiger partial charge < -0.3 is 15.2 Å². The first-order valence-electron chi connectivity index (χ1n) is 9.75. The molecule has 0 aliphatic heterocycles. The zero-order valence-electron chi connectivity index (χ0n) is 17.3. The van der Waals surface area contributed by atoms with Crippen LogP contribution < -0.4 is 0 Å². The van der Waals surface area contributed by atoms with Gasteiger partial charge in [0.25, 0.3) is 10.1 Å². The van der Waals surface area contributed by atoms with Crippen molar-refractivity contribution < 1.29 is 23.2 Å². The van der Waals surface area contributed by atoms with E-state index in [4.69, 9.17) is 0 Å². The Morgan fingerprint density at radius 1 is 0.879 bits per heavy atom. The molecule has 0 saturated heterocycles. The summed E-state index contributed by atoms with van der Waals surface area (Å²) < 4.78 is 33.5. The fourth-order valence-corrected chi connectivity index (χ4v) is 4.74. The van der Waals surface area contributed by atoms with Gasteiger partial charge >= 0.3 is 0 Å². The van der Waals surface area contributed by atoms with E-state index in [1.165, 1.54) is 24.3 Å². The van der Waals surface area contributed by atoms with Gasteiger partial charge in [-0.3, -0.25) is 4.55 Å². The Morgan fingerprint density at radius 2 is 1.64 bits per heavy atom. The lowest BCUT2D eigenvalue weighted by Gasteiger charge is -2.08. The largest absolute Gasteiger partial charge is 0.507 e. The summed E-state index contributed by atoms with van der Waals surface area (Å²) in [6, 6.07) is 18.7. The van der Waals surface area contributed by atoms with E-state index < -0.39 is 10.1 Å². The SMILES string of the molecule is Cc1ccccc1-c1ccc(-c2nc3c(cc(S(=O)(=O)O)c4cccc(O)c43)[nH]2)c(O)c1.Cl. The molecule has 0 unspecified atom stereocenters. The van der Waals surface area contributed by atoms with Gasteiger partial charge in [-0.15, -0.1) is 12.4 Å². The Morgan fingerprint density at radius 3 is 2.33 bits per heavy atom. The predicted molar refractivity (Wildman–Crippen MR) is 130 cm³/mol. The molecule has 0 saturated carbocycles. The minimum absolute atomic E-state index is 0. The van der Waals surface area contributed by atoms with Crippen molar-refractivity contribution in [3.05, 3.63) is 72.3 Å². The van der Waals surface area contributed by atoms with E-state index in [1.807, 2.05) is 37.3 Å². The van der Waals surface area contributed by atoms with Crippen LogP contribution in [0.4, 0.5) is 0 Å². The van der Waals surface area contributed by atoms with E-state index in [0.29, 0.717) is 22.4 Å². The van der Waals surface area contributed by atoms with Gasteiger partial charge in [0.1, 0.15) is 27.7 Å². The number of nitrogens with zero attached hydrogens (tertiary/aromatic N) is 1. The van der Waals surface area contributed by atoms with Crippen molar-refractivity contribution >= 4 is 44.3 Å². The molecule has 0 spiro atoms. The van der Waals surface area contributed by atoms with Crippen molar-refractivity contribution in [3.63, 3.8) is 0 Å². The quantitative estimate of drug-likeness (QED) is 0.254. The number of hydrogen-bond acceptors (Lipinski definition) is 5. The predicted octanol–water partition coefficient (Wildman–Crippen LogP) is 5.44. The minimum atomic E-state index is -4.55. The van der Waals surface area contributed by atoms with Crippen LogP contribution in [0.25, 0.3) is 44.3 Å². The Hall–Kier alpha value is -3.59. The molecule has 4 aromatic carbocycles. The van der Waals surface area contributed by atoms with Crippen LogP contribution >= 0.6 is 12.4 Å². The highest BCUT2D eigenvalue weighted by atomic mass is 35.5. The lowest BCUT2D eigenvalue weighted by atomic mass is 9.99. The summed E-state index contributed by atoms with van der Waals surface area (Å²) in [6.45, 7) is 1.99. The Kier molecular flexibility index (Phi) is 5.53. The summed E-state index contributed by atoms with van der Waals surface area (Å²) in [5, 5.41) is 21.5. The van der Waals surface area contributed by atoms with Crippen molar-refractivity contribution in [2.24, 2.45) is 0 Å². The zero-order valence-corrected chi connectivity index (χ0v) is 18.9. The van der Waals surface area contributed by atoms with Gasteiger partial charge in [0.2, 0.25) is 0 Å². The van der Waals surface area contributed by atoms with E-state index in [0.717, 1.165) is 16.7 Å². The van der Waals surface area contributed by atoms with Crippen LogP contribution in [0.2, 0.25) is 0 Å². The van der Waals surface area contributed by atoms with E-state index in [1.54, 1.807) is 12.1 Å². The number of aromatic hydroxyl groups is 2. The minimum Gasteiger partial charge on any atom is -0.507 e. The van der Waals surface area contributed by atoms with Crippen LogP contribution in [0.3, 0.4) is 0 Å². The number of aryl methyl sites for hydroxylation is 1. The first-order valence-corrected chi connectivity index (χ1v) is 11.2. The molecule has 7 nitrogen and oxygen atoms in total. The van der Waals surface area contributed by atoms with Crippen molar-refractivity contribution in [1.82, 2.24) is 9.97 Å². The standard InChI is InChI=1S/C24H18N2O5S.ClH/c1-13-5-2-3-6-15(13)14-9-10-16(20(28)11-14)24-25-18-12-21(32(29,30)31)17-7-4-8-19(27)22(17)23(18)26-24;/h2-12,27-28H,1H3,(H,25,26)(H,29,30,31);1H. The number of fused-ring (bicyclic) bond motifs is 3. The zero-order chi connectivity index (χ0) is 22.6. The maximum absolute atomic E-state index is 11.9. The van der Waals surface area contributed by atoms with Crippen molar-refractivity contribution in [1.29, 1.82) is 0 Å². The van der Waals surface area contributed by atoms with Crippen LogP contribution in [0.5, 0.6) is 11.5 Å². The van der Waals surface area contributed by atoms with Gasteiger partial charge in [0, 0.05) is 5.39 Å². The van der Waals surface area contributed by atoms with Crippen LogP contribution in [0.15, 0.2) is 71.6 Å². The number of phenols is 2. The molecule has 33 heavy (non-hydrogen) atoms. The fourth-order valence-electron chi connectivity index (χ4n) is 4.02. The Labute approximate surface area is 195 Å². The third-order valence-corrected chi connectivity index (χ3v) is 6.43. The monoisotopic (exact) mass is 482 g/mol. The average Bonchev–Trinajstić information content (AvgIpc) is 3.16. The lowest BCUT2D eigenvalue weighted by molar-refractivity contribution is 0.477. The summed E-state index contributed by atoms with van der Waals surface area (Å²) >= 11 is 0. The Balaban J connectivity index is 0.00000259. The highest BCUT2D eigenvalue weighted by Gasteiger charge is 2.21. The molecular weight excluding hydrogens is 464 g/mol. The number of phenolic OH excluding ortho intramolecular Hbond substituents is 2. The van der Waals surface area contributed by atoms with Crippen molar-refractivity contribution in [2.75, 3.05) is 0 Å². The third-order valence-electron chi connectivity index (χ3n) is 5.54. The summed E-state index contributed by atoms with van der Waals surface area (Å²) in [4.78, 5) is 7.18. The molecule has 0 aliphatic rings. The number of benzene rings is 4. The number of imidazole rings is 1. The number of nitrogens with one attached hydrogen (secondary N) is 1. The van der Waals surface area contributed by atoms with Crippen molar-refractivity contribution in [3.8, 4) is 34.0 Å². The lowest BCUT2D eigenvalue weighted by Crippen LogP contribution is -1.99. The van der Waals surface area contributed by atoms with E-state index in [9.17, 15) is 23.2 Å². The molecule has 168 valence electrons. The van der Waals surface area contributed by atoms with Crippen LogP contribution in [0, 0.1) is 6.92 Å². The molecule has 0 atom stereocenters. The van der Waals surface area contributed by atoms with E-state index in [-0.39, 0.29) is 39.6 Å². The molecule has 1 aromatic heterocycles. The molecular formula is C24H19ClN2O5S. The second-order valence-electron chi connectivity index (χ2n) is 7.58. The normalized spacial score (nSPS) is 11.6. The molecule has 5 aromatic rings. The average molecular weight is 483 g/mol. The number of rotatable bonds is 3.